The molecule has 0 bridgehead atoms. The van der Waals surface area contributed by atoms with E-state index >= 15 is 0 Å². The van der Waals surface area contributed by atoms with Crippen LogP contribution in [-0.4, -0.2) is 36.5 Å². The van der Waals surface area contributed by atoms with Crippen LogP contribution < -0.4 is 0 Å². The summed E-state index contributed by atoms with van der Waals surface area (Å²) in [7, 11) is 0. The maximum Gasteiger partial charge on any atom is 0.490 e. The van der Waals surface area contributed by atoms with Gasteiger partial charge in [0.15, 0.2) is 5.78 Å². The SMILES string of the molecule is CCOC(=O)C(F)(F)F.O=C(CC(=O)C(F)(F)F)c1ccc(Cl)cc1. The number of halogens is 7. The number of esters is 1. The molecule has 4 nitrogen and oxygen atoms in total. The molecule has 1 rings (SSSR count). The third-order valence-corrected chi connectivity index (χ3v) is 2.56. The largest absolute Gasteiger partial charge is 0.490 e. The molecule has 0 radical (unpaired) electrons. The van der Waals surface area contributed by atoms with Gasteiger partial charge in [-0.25, -0.2) is 4.79 Å². The standard InChI is InChI=1S/C10H6ClF3O2.C4H5F3O2/c11-7-3-1-6(2-4-7)8(15)5-9(16)10(12,13)14;1-2-9-3(8)4(5,6)7/h1-4H,5H2;2H2,1H3. The minimum atomic E-state index is -4.97. The molecule has 0 aliphatic rings. The number of Topliss-reactive ketones (excluding diaryl/α,β-unsaturated/α-hetero) is 2. The van der Waals surface area contributed by atoms with Crippen LogP contribution in [0.5, 0.6) is 0 Å². The lowest BCUT2D eigenvalue weighted by molar-refractivity contribution is -0.199. The van der Waals surface area contributed by atoms with E-state index in [1.54, 1.807) is 0 Å². The quantitative estimate of drug-likeness (QED) is 0.334. The van der Waals surface area contributed by atoms with E-state index in [1.165, 1.54) is 31.2 Å². The van der Waals surface area contributed by atoms with Crippen LogP contribution in [0.3, 0.4) is 0 Å². The van der Waals surface area contributed by atoms with Crippen molar-refractivity contribution < 1.29 is 45.5 Å². The van der Waals surface area contributed by atoms with Crippen molar-refractivity contribution in [3.8, 4) is 0 Å². The molecule has 0 spiro atoms. The van der Waals surface area contributed by atoms with E-state index in [-0.39, 0.29) is 12.2 Å². The van der Waals surface area contributed by atoms with Crippen molar-refractivity contribution in [3.63, 3.8) is 0 Å². The molecule has 0 saturated carbocycles. The normalized spacial score (nSPS) is 11.2. The molecule has 11 heteroatoms. The molecular formula is C14H11ClF6O4. The number of carbonyl (C=O) groups is 3. The molecule has 0 atom stereocenters. The Balaban J connectivity index is 0.000000547. The van der Waals surface area contributed by atoms with Crippen molar-refractivity contribution in [3.05, 3.63) is 34.9 Å². The Kier molecular flexibility index (Phi) is 8.61. The van der Waals surface area contributed by atoms with Gasteiger partial charge in [-0.3, -0.25) is 9.59 Å². The summed E-state index contributed by atoms with van der Waals surface area (Å²) >= 11 is 5.54. The fourth-order valence-corrected chi connectivity index (χ4v) is 1.32. The predicted octanol–water partition coefficient (Wildman–Crippen LogP) is 4.16. The van der Waals surface area contributed by atoms with Gasteiger partial charge in [0.2, 0.25) is 5.78 Å². The van der Waals surface area contributed by atoms with Crippen molar-refractivity contribution in [2.24, 2.45) is 0 Å². The summed E-state index contributed by atoms with van der Waals surface area (Å²) < 4.78 is 72.7. The third kappa shape index (κ3) is 9.08. The minimum absolute atomic E-state index is 0.0296. The van der Waals surface area contributed by atoms with Gasteiger partial charge in [-0.2, -0.15) is 26.3 Å². The smallest absolute Gasteiger partial charge is 0.459 e. The van der Waals surface area contributed by atoms with Crippen LogP contribution >= 0.6 is 11.6 Å². The van der Waals surface area contributed by atoms with E-state index in [4.69, 9.17) is 11.6 Å². The predicted molar refractivity (Wildman–Crippen MR) is 74.1 cm³/mol. The summed E-state index contributed by atoms with van der Waals surface area (Å²) in [6.45, 7) is 1.06. The molecule has 0 N–H and O–H groups in total. The first-order valence-electron chi connectivity index (χ1n) is 6.41. The van der Waals surface area contributed by atoms with Crippen LogP contribution in [0.4, 0.5) is 26.3 Å². The molecule has 0 aliphatic carbocycles. The lowest BCUT2D eigenvalue weighted by Crippen LogP contribution is -2.25. The van der Waals surface area contributed by atoms with Gasteiger partial charge in [0, 0.05) is 10.6 Å². The summed E-state index contributed by atoms with van der Waals surface area (Å²) in [5, 5.41) is 0.360. The number of ether oxygens (including phenoxy) is 1. The van der Waals surface area contributed by atoms with E-state index in [2.05, 4.69) is 4.74 Å². The highest BCUT2D eigenvalue weighted by Gasteiger charge is 2.40. The first-order chi connectivity index (χ1) is 11.3. The van der Waals surface area contributed by atoms with Crippen LogP contribution in [0.1, 0.15) is 23.7 Å². The zero-order valence-corrected chi connectivity index (χ0v) is 13.3. The fourth-order valence-electron chi connectivity index (χ4n) is 1.20. The highest BCUT2D eigenvalue weighted by molar-refractivity contribution is 6.30. The van der Waals surface area contributed by atoms with Gasteiger partial charge in [0.25, 0.3) is 0 Å². The zero-order valence-electron chi connectivity index (χ0n) is 12.5. The van der Waals surface area contributed by atoms with E-state index in [0.29, 0.717) is 5.02 Å². The number of hydrogen-bond donors (Lipinski definition) is 0. The number of carbonyl (C=O) groups excluding carboxylic acids is 3. The Morgan fingerprint density at radius 2 is 1.44 bits per heavy atom. The van der Waals surface area contributed by atoms with E-state index in [1.807, 2.05) is 0 Å². The lowest BCUT2D eigenvalue weighted by atomic mass is 10.1. The summed E-state index contributed by atoms with van der Waals surface area (Å²) in [4.78, 5) is 31.5. The summed E-state index contributed by atoms with van der Waals surface area (Å²) in [6.07, 6.45) is -11.0. The molecule has 140 valence electrons. The van der Waals surface area contributed by atoms with Gasteiger partial charge in [0.1, 0.15) is 0 Å². The molecule has 0 aromatic heterocycles. The second kappa shape index (κ2) is 9.40. The third-order valence-electron chi connectivity index (χ3n) is 2.31. The summed E-state index contributed by atoms with van der Waals surface area (Å²) in [6, 6.07) is 5.28. The van der Waals surface area contributed by atoms with Crippen molar-refractivity contribution in [1.82, 2.24) is 0 Å². The Bertz CT molecular complexity index is 607. The Labute approximate surface area is 142 Å². The topological polar surface area (TPSA) is 60.4 Å². The Morgan fingerprint density at radius 1 is 0.960 bits per heavy atom. The fraction of sp³-hybridized carbons (Fsp3) is 0.357. The van der Waals surface area contributed by atoms with Crippen molar-refractivity contribution in [1.29, 1.82) is 0 Å². The summed E-state index contributed by atoms with van der Waals surface area (Å²) in [5.74, 6) is -5.06. The number of benzene rings is 1. The van der Waals surface area contributed by atoms with E-state index in [0.717, 1.165) is 0 Å². The van der Waals surface area contributed by atoms with Gasteiger partial charge in [-0.1, -0.05) is 11.6 Å². The highest BCUT2D eigenvalue weighted by atomic mass is 35.5. The lowest BCUT2D eigenvalue weighted by Gasteiger charge is -2.04. The average Bonchev–Trinajstić information content (AvgIpc) is 2.46. The molecule has 0 aliphatic heterocycles. The Morgan fingerprint density at radius 3 is 1.76 bits per heavy atom. The minimum Gasteiger partial charge on any atom is -0.459 e. The average molecular weight is 393 g/mol. The highest BCUT2D eigenvalue weighted by Crippen LogP contribution is 2.20. The van der Waals surface area contributed by atoms with Crippen molar-refractivity contribution in [2.75, 3.05) is 6.61 Å². The molecule has 1 aromatic rings. The monoisotopic (exact) mass is 392 g/mol. The number of hydrogen-bond acceptors (Lipinski definition) is 4. The molecule has 0 fully saturated rings. The Hall–Kier alpha value is -2.10. The summed E-state index contributed by atoms with van der Waals surface area (Å²) in [5.41, 5.74) is 0.0296. The molecular weight excluding hydrogens is 382 g/mol. The van der Waals surface area contributed by atoms with Crippen LogP contribution in [0.2, 0.25) is 5.02 Å². The van der Waals surface area contributed by atoms with Gasteiger partial charge < -0.3 is 4.74 Å². The van der Waals surface area contributed by atoms with Crippen molar-refractivity contribution >= 4 is 29.1 Å². The molecule has 0 saturated heterocycles. The van der Waals surface area contributed by atoms with Crippen LogP contribution in [0.15, 0.2) is 24.3 Å². The first kappa shape index (κ1) is 22.9. The number of rotatable bonds is 4. The second-order valence-electron chi connectivity index (χ2n) is 4.25. The molecule has 1 aromatic carbocycles. The van der Waals surface area contributed by atoms with Crippen LogP contribution in [0, 0.1) is 0 Å². The van der Waals surface area contributed by atoms with Gasteiger partial charge in [0.05, 0.1) is 13.0 Å². The number of alkyl halides is 6. The van der Waals surface area contributed by atoms with Gasteiger partial charge in [-0.05, 0) is 31.2 Å². The van der Waals surface area contributed by atoms with Crippen LogP contribution in [-0.2, 0) is 14.3 Å². The zero-order chi connectivity index (χ0) is 19.8. The number of ketones is 2. The molecule has 0 heterocycles. The molecule has 0 unspecified atom stereocenters. The van der Waals surface area contributed by atoms with E-state index in [9.17, 15) is 40.7 Å². The van der Waals surface area contributed by atoms with Gasteiger partial charge >= 0.3 is 18.3 Å². The maximum atomic E-state index is 11.9. The second-order valence-corrected chi connectivity index (χ2v) is 4.68. The van der Waals surface area contributed by atoms with Gasteiger partial charge in [-0.15, -0.1) is 0 Å². The van der Waals surface area contributed by atoms with Crippen LogP contribution in [0.25, 0.3) is 0 Å². The maximum absolute atomic E-state index is 11.9. The van der Waals surface area contributed by atoms with Crippen molar-refractivity contribution in [2.45, 2.75) is 25.7 Å². The molecule has 25 heavy (non-hydrogen) atoms. The first-order valence-corrected chi connectivity index (χ1v) is 6.79. The molecule has 0 amide bonds. The van der Waals surface area contributed by atoms with E-state index < -0.39 is 36.3 Å².